The van der Waals surface area contributed by atoms with Crippen molar-refractivity contribution in [3.8, 4) is 0 Å². The van der Waals surface area contributed by atoms with Gasteiger partial charge in [0.05, 0.1) is 12.8 Å². The highest BCUT2D eigenvalue weighted by Gasteiger charge is 2.14. The van der Waals surface area contributed by atoms with Crippen LogP contribution < -0.4 is 5.73 Å². The Morgan fingerprint density at radius 3 is 3.00 bits per heavy atom. The van der Waals surface area contributed by atoms with Crippen LogP contribution in [0.3, 0.4) is 0 Å². The molecule has 5 heteroatoms. The molecular formula is C8H13N3O2. The molecule has 0 radical (unpaired) electrons. The number of hydrogen-bond donors (Lipinski definition) is 1. The first-order valence-corrected chi connectivity index (χ1v) is 4.10. The molecule has 5 nitrogen and oxygen atoms in total. The van der Waals surface area contributed by atoms with Gasteiger partial charge in [-0.2, -0.15) is 5.10 Å². The van der Waals surface area contributed by atoms with Crippen LogP contribution in [0.5, 0.6) is 0 Å². The molecule has 1 aromatic rings. The first kappa shape index (κ1) is 9.57. The second-order valence-electron chi connectivity index (χ2n) is 2.69. The van der Waals surface area contributed by atoms with Crippen LogP contribution >= 0.6 is 0 Å². The predicted octanol–water partition coefficient (Wildman–Crippen LogP) is 0.662. The monoisotopic (exact) mass is 183 g/mol. The van der Waals surface area contributed by atoms with Gasteiger partial charge in [0.15, 0.2) is 5.69 Å². The molecule has 0 aliphatic carbocycles. The molecule has 0 fully saturated rings. The molecule has 0 bridgehead atoms. The Hall–Kier alpha value is -1.52. The molecule has 0 aliphatic rings. The maximum atomic E-state index is 11.1. The number of nitrogen functional groups attached to an aromatic ring is 1. The number of hydrogen-bond acceptors (Lipinski definition) is 4. The lowest BCUT2D eigenvalue weighted by molar-refractivity contribution is 0.0594. The van der Waals surface area contributed by atoms with Crippen molar-refractivity contribution >= 4 is 11.7 Å². The van der Waals surface area contributed by atoms with Gasteiger partial charge in [0.2, 0.25) is 0 Å². The molecule has 0 aromatic carbocycles. The molecule has 0 aliphatic heterocycles. The van der Waals surface area contributed by atoms with Crippen LogP contribution in [0.4, 0.5) is 5.69 Å². The van der Waals surface area contributed by atoms with E-state index >= 15 is 0 Å². The molecule has 0 spiro atoms. The Kier molecular flexibility index (Phi) is 2.89. The summed E-state index contributed by atoms with van der Waals surface area (Å²) in [5.41, 5.74) is 6.12. The molecule has 0 atom stereocenters. The molecule has 0 saturated heterocycles. The smallest absolute Gasteiger partial charge is 0.360 e. The van der Waals surface area contributed by atoms with Gasteiger partial charge in [0.1, 0.15) is 0 Å². The highest BCUT2D eigenvalue weighted by Crippen LogP contribution is 2.10. The van der Waals surface area contributed by atoms with Gasteiger partial charge in [-0.15, -0.1) is 0 Å². The SMILES string of the molecule is CCCn1cc(N)c(C(=O)OC)n1. The first-order chi connectivity index (χ1) is 6.19. The van der Waals surface area contributed by atoms with E-state index in [1.54, 1.807) is 10.9 Å². The zero-order valence-corrected chi connectivity index (χ0v) is 7.78. The second-order valence-corrected chi connectivity index (χ2v) is 2.69. The molecule has 2 N–H and O–H groups in total. The average molecular weight is 183 g/mol. The maximum Gasteiger partial charge on any atom is 0.360 e. The van der Waals surface area contributed by atoms with Gasteiger partial charge in [-0.25, -0.2) is 4.79 Å². The summed E-state index contributed by atoms with van der Waals surface area (Å²) in [7, 11) is 1.31. The number of aryl methyl sites for hydroxylation is 1. The van der Waals surface area contributed by atoms with Crippen molar-refractivity contribution in [3.05, 3.63) is 11.9 Å². The number of nitrogens with zero attached hydrogens (tertiary/aromatic N) is 2. The standard InChI is InChI=1S/C8H13N3O2/c1-3-4-11-5-6(9)7(10-11)8(12)13-2/h5H,3-4,9H2,1-2H3. The van der Waals surface area contributed by atoms with Crippen LogP contribution in [0, 0.1) is 0 Å². The normalized spacial score (nSPS) is 10.0. The highest BCUT2D eigenvalue weighted by atomic mass is 16.5. The van der Waals surface area contributed by atoms with E-state index in [9.17, 15) is 4.79 Å². The van der Waals surface area contributed by atoms with E-state index in [4.69, 9.17) is 5.73 Å². The quantitative estimate of drug-likeness (QED) is 0.699. The maximum absolute atomic E-state index is 11.1. The Morgan fingerprint density at radius 2 is 2.46 bits per heavy atom. The van der Waals surface area contributed by atoms with E-state index in [0.29, 0.717) is 5.69 Å². The number of carbonyl (C=O) groups is 1. The number of esters is 1. The predicted molar refractivity (Wildman–Crippen MR) is 48.3 cm³/mol. The van der Waals surface area contributed by atoms with E-state index in [-0.39, 0.29) is 5.69 Å². The van der Waals surface area contributed by atoms with Crippen LogP contribution in [-0.2, 0) is 11.3 Å². The molecule has 1 aromatic heterocycles. The van der Waals surface area contributed by atoms with Gasteiger partial charge in [0.25, 0.3) is 0 Å². The molecule has 13 heavy (non-hydrogen) atoms. The van der Waals surface area contributed by atoms with Crippen molar-refractivity contribution in [2.75, 3.05) is 12.8 Å². The zero-order valence-electron chi connectivity index (χ0n) is 7.78. The van der Waals surface area contributed by atoms with Crippen molar-refractivity contribution in [1.82, 2.24) is 9.78 Å². The average Bonchev–Trinajstić information content (AvgIpc) is 2.46. The summed E-state index contributed by atoms with van der Waals surface area (Å²) in [6.07, 6.45) is 2.58. The van der Waals surface area contributed by atoms with Crippen molar-refractivity contribution < 1.29 is 9.53 Å². The number of carbonyl (C=O) groups excluding carboxylic acids is 1. The number of rotatable bonds is 3. The number of nitrogens with two attached hydrogens (primary N) is 1. The minimum absolute atomic E-state index is 0.191. The minimum atomic E-state index is -0.493. The topological polar surface area (TPSA) is 70.1 Å². The summed E-state index contributed by atoms with van der Waals surface area (Å²) in [6.45, 7) is 2.77. The highest BCUT2D eigenvalue weighted by molar-refractivity contribution is 5.92. The molecule has 72 valence electrons. The molecule has 1 rings (SSSR count). The van der Waals surface area contributed by atoms with Crippen LogP contribution in [0.2, 0.25) is 0 Å². The molecule has 0 saturated carbocycles. The third-order valence-corrected chi connectivity index (χ3v) is 1.62. The summed E-state index contributed by atoms with van der Waals surface area (Å²) in [5.74, 6) is -0.493. The number of anilines is 1. The third kappa shape index (κ3) is 1.99. The second kappa shape index (κ2) is 3.93. The lowest BCUT2D eigenvalue weighted by atomic mass is 10.4. The largest absolute Gasteiger partial charge is 0.464 e. The fourth-order valence-electron chi connectivity index (χ4n) is 1.04. The van der Waals surface area contributed by atoms with Crippen LogP contribution in [0.25, 0.3) is 0 Å². The van der Waals surface area contributed by atoms with Crippen LogP contribution in [0.1, 0.15) is 23.8 Å². The van der Waals surface area contributed by atoms with Gasteiger partial charge in [0, 0.05) is 12.7 Å². The summed E-state index contributed by atoms with van der Waals surface area (Å²) < 4.78 is 6.15. The molecule has 1 heterocycles. The number of aromatic nitrogens is 2. The van der Waals surface area contributed by atoms with Gasteiger partial charge in [-0.3, -0.25) is 4.68 Å². The van der Waals surface area contributed by atoms with E-state index in [1.807, 2.05) is 6.92 Å². The summed E-state index contributed by atoms with van der Waals surface area (Å²) in [6, 6.07) is 0. The van der Waals surface area contributed by atoms with Gasteiger partial charge >= 0.3 is 5.97 Å². The summed E-state index contributed by atoms with van der Waals surface area (Å²) >= 11 is 0. The van der Waals surface area contributed by atoms with E-state index in [2.05, 4.69) is 9.84 Å². The summed E-state index contributed by atoms with van der Waals surface area (Å²) in [4.78, 5) is 11.1. The first-order valence-electron chi connectivity index (χ1n) is 4.10. The van der Waals surface area contributed by atoms with Gasteiger partial charge < -0.3 is 10.5 Å². The Morgan fingerprint density at radius 1 is 1.77 bits per heavy atom. The third-order valence-electron chi connectivity index (χ3n) is 1.62. The Balaban J connectivity index is 2.89. The van der Waals surface area contributed by atoms with E-state index in [1.165, 1.54) is 7.11 Å². The van der Waals surface area contributed by atoms with E-state index < -0.39 is 5.97 Å². The fourth-order valence-corrected chi connectivity index (χ4v) is 1.04. The Labute approximate surface area is 76.5 Å². The van der Waals surface area contributed by atoms with Crippen LogP contribution in [-0.4, -0.2) is 22.9 Å². The summed E-state index contributed by atoms with van der Waals surface area (Å²) in [5, 5.41) is 3.99. The van der Waals surface area contributed by atoms with Crippen molar-refractivity contribution in [1.29, 1.82) is 0 Å². The van der Waals surface area contributed by atoms with Gasteiger partial charge in [-0.05, 0) is 6.42 Å². The van der Waals surface area contributed by atoms with Crippen molar-refractivity contribution in [2.45, 2.75) is 19.9 Å². The lowest BCUT2D eigenvalue weighted by Gasteiger charge is -1.95. The van der Waals surface area contributed by atoms with Crippen LogP contribution in [0.15, 0.2) is 6.20 Å². The molecular weight excluding hydrogens is 170 g/mol. The van der Waals surface area contributed by atoms with E-state index in [0.717, 1.165) is 13.0 Å². The van der Waals surface area contributed by atoms with Crippen molar-refractivity contribution in [3.63, 3.8) is 0 Å². The molecule has 0 unspecified atom stereocenters. The van der Waals surface area contributed by atoms with Gasteiger partial charge in [-0.1, -0.05) is 6.92 Å². The fraction of sp³-hybridized carbons (Fsp3) is 0.500. The molecule has 0 amide bonds. The zero-order chi connectivity index (χ0) is 9.84. The number of methoxy groups -OCH3 is 1. The van der Waals surface area contributed by atoms with Crippen molar-refractivity contribution in [2.24, 2.45) is 0 Å². The lowest BCUT2D eigenvalue weighted by Crippen LogP contribution is -2.06. The minimum Gasteiger partial charge on any atom is -0.464 e. The Bertz CT molecular complexity index is 306. The number of ether oxygens (including phenoxy) is 1.